The summed E-state index contributed by atoms with van der Waals surface area (Å²) >= 11 is 0. The van der Waals surface area contributed by atoms with E-state index >= 15 is 0 Å². The van der Waals surface area contributed by atoms with Gasteiger partial charge in [-0.25, -0.2) is 0 Å². The van der Waals surface area contributed by atoms with Gasteiger partial charge in [0.15, 0.2) is 0 Å². The Kier molecular flexibility index (Phi) is 6.32. The predicted octanol–water partition coefficient (Wildman–Crippen LogP) is 1.78. The first-order valence-electron chi connectivity index (χ1n) is 9.66. The minimum atomic E-state index is 0.142. The molecular formula is C20H32N4O. The first kappa shape index (κ1) is 18.2. The van der Waals surface area contributed by atoms with Gasteiger partial charge in [0, 0.05) is 64.0 Å². The molecule has 0 spiro atoms. The van der Waals surface area contributed by atoms with Crippen molar-refractivity contribution in [3.05, 3.63) is 30.3 Å². The number of benzene rings is 1. The van der Waals surface area contributed by atoms with E-state index in [-0.39, 0.29) is 17.9 Å². The minimum Gasteiger partial charge on any atom is -0.369 e. The fraction of sp³-hybridized carbons (Fsp3) is 0.650. The molecule has 2 fully saturated rings. The third kappa shape index (κ3) is 4.95. The Morgan fingerprint density at radius 3 is 2.56 bits per heavy atom. The van der Waals surface area contributed by atoms with Gasteiger partial charge < -0.3 is 15.5 Å². The number of hydrogen-bond donors (Lipinski definition) is 1. The van der Waals surface area contributed by atoms with Crippen LogP contribution in [0.3, 0.4) is 0 Å². The second-order valence-corrected chi connectivity index (χ2v) is 7.55. The topological polar surface area (TPSA) is 52.8 Å². The number of rotatable bonds is 5. The van der Waals surface area contributed by atoms with Crippen LogP contribution in [0.25, 0.3) is 0 Å². The summed E-state index contributed by atoms with van der Waals surface area (Å²) in [6.07, 6.45) is 4.03. The molecule has 2 unspecified atom stereocenters. The molecule has 1 saturated carbocycles. The molecule has 1 aliphatic heterocycles. The van der Waals surface area contributed by atoms with E-state index in [1.54, 1.807) is 0 Å². The van der Waals surface area contributed by atoms with Crippen LogP contribution in [0.5, 0.6) is 0 Å². The maximum Gasteiger partial charge on any atom is 0.225 e. The highest BCUT2D eigenvalue weighted by atomic mass is 16.2. The standard InChI is InChI=1S/C20H32N4O/c1-22(20(25)17-6-5-7-18(21)16-17)10-11-23-12-14-24(15-13-23)19-8-3-2-4-9-19/h2-4,8-9,17-18H,5-7,10-16,21H2,1H3. The summed E-state index contributed by atoms with van der Waals surface area (Å²) < 4.78 is 0. The normalized spacial score (nSPS) is 25.0. The Morgan fingerprint density at radius 2 is 1.88 bits per heavy atom. The van der Waals surface area contributed by atoms with Crippen LogP contribution < -0.4 is 10.6 Å². The molecule has 1 aromatic rings. The van der Waals surface area contributed by atoms with Gasteiger partial charge in [-0.05, 0) is 31.4 Å². The van der Waals surface area contributed by atoms with E-state index in [0.717, 1.165) is 65.0 Å². The third-order valence-corrected chi connectivity index (χ3v) is 5.69. The van der Waals surface area contributed by atoms with Gasteiger partial charge in [0.1, 0.15) is 0 Å². The zero-order chi connectivity index (χ0) is 17.6. The van der Waals surface area contributed by atoms with E-state index in [1.165, 1.54) is 5.69 Å². The summed E-state index contributed by atoms with van der Waals surface area (Å²) in [6.45, 7) is 6.01. The smallest absolute Gasteiger partial charge is 0.225 e. The van der Waals surface area contributed by atoms with Crippen molar-refractivity contribution in [2.75, 3.05) is 51.2 Å². The Morgan fingerprint density at radius 1 is 1.16 bits per heavy atom. The molecule has 1 saturated heterocycles. The molecule has 0 bridgehead atoms. The number of likely N-dealkylation sites (N-methyl/N-ethyl adjacent to an activating group) is 1. The lowest BCUT2D eigenvalue weighted by Crippen LogP contribution is -2.49. The van der Waals surface area contributed by atoms with Crippen LogP contribution >= 0.6 is 0 Å². The zero-order valence-electron chi connectivity index (χ0n) is 15.4. The maximum absolute atomic E-state index is 12.6. The fourth-order valence-corrected chi connectivity index (χ4v) is 4.03. The Bertz CT molecular complexity index is 542. The van der Waals surface area contributed by atoms with E-state index in [1.807, 2.05) is 11.9 Å². The number of nitrogens with zero attached hydrogens (tertiary/aromatic N) is 3. The molecule has 3 rings (SSSR count). The van der Waals surface area contributed by atoms with Crippen LogP contribution in [-0.4, -0.2) is 68.1 Å². The molecule has 0 aromatic heterocycles. The van der Waals surface area contributed by atoms with Gasteiger partial charge in [0.2, 0.25) is 5.91 Å². The summed E-state index contributed by atoms with van der Waals surface area (Å²) in [4.78, 5) is 19.4. The lowest BCUT2D eigenvalue weighted by atomic mass is 9.85. The van der Waals surface area contributed by atoms with Crippen LogP contribution in [0.2, 0.25) is 0 Å². The highest BCUT2D eigenvalue weighted by Gasteiger charge is 2.27. The largest absolute Gasteiger partial charge is 0.369 e. The summed E-state index contributed by atoms with van der Waals surface area (Å²) in [7, 11) is 1.95. The fourth-order valence-electron chi connectivity index (χ4n) is 4.03. The second-order valence-electron chi connectivity index (χ2n) is 7.55. The van der Waals surface area contributed by atoms with E-state index in [0.29, 0.717) is 0 Å². The number of amides is 1. The summed E-state index contributed by atoms with van der Waals surface area (Å²) in [6, 6.07) is 10.8. The van der Waals surface area contributed by atoms with Gasteiger partial charge in [-0.15, -0.1) is 0 Å². The molecule has 1 amide bonds. The molecule has 5 nitrogen and oxygen atoms in total. The van der Waals surface area contributed by atoms with E-state index in [4.69, 9.17) is 5.73 Å². The number of nitrogens with two attached hydrogens (primary N) is 1. The Labute approximate surface area is 151 Å². The monoisotopic (exact) mass is 344 g/mol. The van der Waals surface area contributed by atoms with Crippen molar-refractivity contribution in [2.45, 2.75) is 31.7 Å². The molecule has 2 N–H and O–H groups in total. The molecule has 1 heterocycles. The molecule has 2 atom stereocenters. The van der Waals surface area contributed by atoms with Crippen LogP contribution in [0.4, 0.5) is 5.69 Å². The van der Waals surface area contributed by atoms with Gasteiger partial charge in [-0.1, -0.05) is 24.6 Å². The first-order chi connectivity index (χ1) is 12.1. The summed E-state index contributed by atoms with van der Waals surface area (Å²) in [5.41, 5.74) is 7.34. The average Bonchev–Trinajstić information content (AvgIpc) is 2.66. The van der Waals surface area contributed by atoms with E-state index < -0.39 is 0 Å². The number of para-hydroxylation sites is 1. The predicted molar refractivity (Wildman–Crippen MR) is 103 cm³/mol. The number of anilines is 1. The number of carbonyl (C=O) groups excluding carboxylic acids is 1. The second kappa shape index (κ2) is 8.68. The zero-order valence-corrected chi connectivity index (χ0v) is 15.4. The van der Waals surface area contributed by atoms with Gasteiger partial charge >= 0.3 is 0 Å². The maximum atomic E-state index is 12.6. The molecule has 1 aliphatic carbocycles. The molecule has 1 aromatic carbocycles. The van der Waals surface area contributed by atoms with Crippen molar-refractivity contribution >= 4 is 11.6 Å². The van der Waals surface area contributed by atoms with Crippen molar-refractivity contribution in [3.8, 4) is 0 Å². The third-order valence-electron chi connectivity index (χ3n) is 5.69. The average molecular weight is 345 g/mol. The van der Waals surface area contributed by atoms with Crippen LogP contribution in [-0.2, 0) is 4.79 Å². The van der Waals surface area contributed by atoms with E-state index in [2.05, 4.69) is 40.1 Å². The molecule has 138 valence electrons. The van der Waals surface area contributed by atoms with Crippen LogP contribution in [0.15, 0.2) is 30.3 Å². The Hall–Kier alpha value is -1.59. The quantitative estimate of drug-likeness (QED) is 0.885. The minimum absolute atomic E-state index is 0.142. The Balaban J connectivity index is 1.40. The molecule has 25 heavy (non-hydrogen) atoms. The summed E-state index contributed by atoms with van der Waals surface area (Å²) in [5.74, 6) is 0.432. The lowest BCUT2D eigenvalue weighted by molar-refractivity contribution is -0.135. The van der Waals surface area contributed by atoms with Gasteiger partial charge in [-0.3, -0.25) is 9.69 Å². The van der Waals surface area contributed by atoms with Crippen molar-refractivity contribution in [1.82, 2.24) is 9.80 Å². The number of carbonyl (C=O) groups is 1. The van der Waals surface area contributed by atoms with Crippen molar-refractivity contribution in [2.24, 2.45) is 11.7 Å². The van der Waals surface area contributed by atoms with Gasteiger partial charge in [-0.2, -0.15) is 0 Å². The lowest BCUT2D eigenvalue weighted by Gasteiger charge is -2.37. The number of piperazine rings is 1. The van der Waals surface area contributed by atoms with Crippen molar-refractivity contribution in [1.29, 1.82) is 0 Å². The van der Waals surface area contributed by atoms with Crippen molar-refractivity contribution < 1.29 is 4.79 Å². The molecular weight excluding hydrogens is 312 g/mol. The number of hydrogen-bond acceptors (Lipinski definition) is 4. The van der Waals surface area contributed by atoms with Crippen LogP contribution in [0, 0.1) is 5.92 Å². The van der Waals surface area contributed by atoms with E-state index in [9.17, 15) is 4.79 Å². The summed E-state index contributed by atoms with van der Waals surface area (Å²) in [5, 5.41) is 0. The van der Waals surface area contributed by atoms with Gasteiger partial charge in [0.05, 0.1) is 0 Å². The SMILES string of the molecule is CN(CCN1CCN(c2ccccc2)CC1)C(=O)C1CCCC(N)C1. The highest BCUT2D eigenvalue weighted by Crippen LogP contribution is 2.24. The molecule has 2 aliphatic rings. The molecule has 5 heteroatoms. The molecule has 0 radical (unpaired) electrons. The van der Waals surface area contributed by atoms with Crippen molar-refractivity contribution in [3.63, 3.8) is 0 Å². The highest BCUT2D eigenvalue weighted by molar-refractivity contribution is 5.78. The van der Waals surface area contributed by atoms with Crippen LogP contribution in [0.1, 0.15) is 25.7 Å². The van der Waals surface area contributed by atoms with Gasteiger partial charge in [0.25, 0.3) is 0 Å². The first-order valence-corrected chi connectivity index (χ1v) is 9.66.